The Bertz CT molecular complexity index is 973. The lowest BCUT2D eigenvalue weighted by Crippen LogP contribution is -2.35. The zero-order chi connectivity index (χ0) is 18.6. The molecule has 0 unspecified atom stereocenters. The minimum Gasteiger partial charge on any atom is -0.379 e. The summed E-state index contributed by atoms with van der Waals surface area (Å²) in [5.41, 5.74) is 4.92. The number of benzene rings is 2. The van der Waals surface area contributed by atoms with Crippen LogP contribution in [0.2, 0.25) is 0 Å². The molecule has 4 rings (SSSR count). The van der Waals surface area contributed by atoms with Crippen LogP contribution in [0.1, 0.15) is 5.56 Å². The topological polar surface area (TPSA) is 59.4 Å². The van der Waals surface area contributed by atoms with Gasteiger partial charge in [0.05, 0.1) is 24.2 Å². The molecule has 0 bridgehead atoms. The number of fused-ring (bicyclic) bond motifs is 1. The highest BCUT2D eigenvalue weighted by molar-refractivity contribution is 5.99. The molecule has 6 heteroatoms. The Labute approximate surface area is 158 Å². The van der Waals surface area contributed by atoms with E-state index in [1.54, 1.807) is 0 Å². The summed E-state index contributed by atoms with van der Waals surface area (Å²) in [6, 6.07) is 14.1. The first-order valence-corrected chi connectivity index (χ1v) is 9.03. The Balaban J connectivity index is 1.59. The molecule has 1 fully saturated rings. The highest BCUT2D eigenvalue weighted by Crippen LogP contribution is 2.22. The van der Waals surface area contributed by atoms with Crippen LogP contribution in [0.25, 0.3) is 16.7 Å². The molecule has 0 saturated carbocycles. The molecule has 1 aromatic heterocycles. The monoisotopic (exact) mass is 362 g/mol. The van der Waals surface area contributed by atoms with Crippen molar-refractivity contribution in [3.63, 3.8) is 0 Å². The minimum absolute atomic E-state index is 0.226. The van der Waals surface area contributed by atoms with Gasteiger partial charge in [-0.2, -0.15) is 0 Å². The van der Waals surface area contributed by atoms with Crippen LogP contribution in [0.4, 0.5) is 5.69 Å². The number of rotatable bonds is 5. The first-order valence-electron chi connectivity index (χ1n) is 9.03. The summed E-state index contributed by atoms with van der Waals surface area (Å²) < 4.78 is 7.44. The zero-order valence-corrected chi connectivity index (χ0v) is 15.1. The largest absolute Gasteiger partial charge is 0.379 e. The van der Waals surface area contributed by atoms with E-state index in [4.69, 9.17) is 4.74 Å². The Hall–Kier alpha value is -2.96. The van der Waals surface area contributed by atoms with Gasteiger partial charge in [-0.05, 0) is 42.0 Å². The van der Waals surface area contributed by atoms with Gasteiger partial charge in [0.25, 0.3) is 0 Å². The molecule has 27 heavy (non-hydrogen) atoms. The summed E-state index contributed by atoms with van der Waals surface area (Å²) in [7, 11) is 0. The number of morpholine rings is 1. The second kappa shape index (κ2) is 7.73. The van der Waals surface area contributed by atoms with Crippen LogP contribution in [0.15, 0.2) is 61.4 Å². The van der Waals surface area contributed by atoms with E-state index in [-0.39, 0.29) is 5.91 Å². The van der Waals surface area contributed by atoms with E-state index in [1.807, 2.05) is 35.2 Å². The van der Waals surface area contributed by atoms with Gasteiger partial charge in [0.1, 0.15) is 6.33 Å². The predicted molar refractivity (Wildman–Crippen MR) is 106 cm³/mol. The van der Waals surface area contributed by atoms with Crippen LogP contribution in [-0.2, 0) is 16.1 Å². The normalized spacial score (nSPS) is 15.0. The molecule has 0 radical (unpaired) electrons. The highest BCUT2D eigenvalue weighted by atomic mass is 16.5. The number of aromatic nitrogens is 2. The number of hydrogen-bond acceptors (Lipinski definition) is 4. The van der Waals surface area contributed by atoms with E-state index in [0.29, 0.717) is 0 Å². The molecule has 138 valence electrons. The fourth-order valence-electron chi connectivity index (χ4n) is 3.31. The minimum atomic E-state index is -0.226. The van der Waals surface area contributed by atoms with Crippen molar-refractivity contribution < 1.29 is 9.53 Å². The molecular formula is C21H22N4O2. The summed E-state index contributed by atoms with van der Waals surface area (Å²) >= 11 is 0. The third-order valence-corrected chi connectivity index (χ3v) is 4.70. The maximum absolute atomic E-state index is 11.5. The number of carbonyl (C=O) groups excluding carboxylic acids is 1. The summed E-state index contributed by atoms with van der Waals surface area (Å²) in [6.07, 6.45) is 3.08. The maximum atomic E-state index is 11.5. The molecule has 1 N–H and O–H groups in total. The van der Waals surface area contributed by atoms with E-state index in [0.717, 1.165) is 55.3 Å². The average Bonchev–Trinajstić information content (AvgIpc) is 3.12. The molecule has 0 spiro atoms. The van der Waals surface area contributed by atoms with Gasteiger partial charge in [-0.25, -0.2) is 4.98 Å². The van der Waals surface area contributed by atoms with Gasteiger partial charge >= 0.3 is 0 Å². The van der Waals surface area contributed by atoms with E-state index in [1.165, 1.54) is 11.6 Å². The van der Waals surface area contributed by atoms with Gasteiger partial charge in [0.15, 0.2) is 0 Å². The number of nitrogens with zero attached hydrogens (tertiary/aromatic N) is 3. The van der Waals surface area contributed by atoms with Gasteiger partial charge in [0, 0.05) is 31.0 Å². The van der Waals surface area contributed by atoms with Crippen LogP contribution in [0.5, 0.6) is 0 Å². The number of ether oxygens (including phenoxy) is 1. The summed E-state index contributed by atoms with van der Waals surface area (Å²) in [5.74, 6) is -0.226. The molecule has 1 saturated heterocycles. The van der Waals surface area contributed by atoms with Crippen molar-refractivity contribution in [3.8, 4) is 5.69 Å². The van der Waals surface area contributed by atoms with Crippen molar-refractivity contribution in [1.82, 2.24) is 14.5 Å². The SMILES string of the molecule is C=CC(=O)Nc1cccc(-n2cnc3cc(CN4CCOCC4)ccc32)c1. The van der Waals surface area contributed by atoms with E-state index < -0.39 is 0 Å². The smallest absolute Gasteiger partial charge is 0.247 e. The first kappa shape index (κ1) is 17.5. The van der Waals surface area contributed by atoms with Gasteiger partial charge in [-0.15, -0.1) is 0 Å². The van der Waals surface area contributed by atoms with Gasteiger partial charge in [-0.3, -0.25) is 14.3 Å². The molecule has 3 aromatic rings. The third kappa shape index (κ3) is 3.92. The molecule has 1 aliphatic heterocycles. The molecule has 2 aromatic carbocycles. The van der Waals surface area contributed by atoms with Gasteiger partial charge in [-0.1, -0.05) is 18.7 Å². The maximum Gasteiger partial charge on any atom is 0.247 e. The quantitative estimate of drug-likeness (QED) is 0.709. The molecule has 0 aliphatic carbocycles. The van der Waals surface area contributed by atoms with E-state index in [9.17, 15) is 4.79 Å². The van der Waals surface area contributed by atoms with Crippen LogP contribution in [-0.4, -0.2) is 46.7 Å². The first-order chi connectivity index (χ1) is 13.2. The number of carbonyl (C=O) groups is 1. The molecule has 1 aliphatic rings. The van der Waals surface area contributed by atoms with Crippen LogP contribution < -0.4 is 5.32 Å². The summed E-state index contributed by atoms with van der Waals surface area (Å²) in [6.45, 7) is 7.93. The van der Waals surface area contributed by atoms with Crippen LogP contribution in [0.3, 0.4) is 0 Å². The van der Waals surface area contributed by atoms with Crippen molar-refractivity contribution in [3.05, 3.63) is 67.0 Å². The van der Waals surface area contributed by atoms with Crippen molar-refractivity contribution in [2.24, 2.45) is 0 Å². The molecule has 2 heterocycles. The summed E-state index contributed by atoms with van der Waals surface area (Å²) in [5, 5.41) is 2.79. The fourth-order valence-corrected chi connectivity index (χ4v) is 3.31. The molecule has 1 amide bonds. The molecule has 0 atom stereocenters. The average molecular weight is 362 g/mol. The second-order valence-corrected chi connectivity index (χ2v) is 6.57. The zero-order valence-electron chi connectivity index (χ0n) is 15.1. The Kier molecular flexibility index (Phi) is 5.00. The van der Waals surface area contributed by atoms with Crippen molar-refractivity contribution in [2.75, 3.05) is 31.6 Å². The van der Waals surface area contributed by atoms with Crippen LogP contribution in [0, 0.1) is 0 Å². The predicted octanol–water partition coefficient (Wildman–Crippen LogP) is 2.98. The Morgan fingerprint density at radius 3 is 2.89 bits per heavy atom. The van der Waals surface area contributed by atoms with Gasteiger partial charge < -0.3 is 10.1 Å². The lowest BCUT2D eigenvalue weighted by Gasteiger charge is -2.26. The lowest BCUT2D eigenvalue weighted by molar-refractivity contribution is -0.111. The number of nitrogens with one attached hydrogen (secondary N) is 1. The summed E-state index contributed by atoms with van der Waals surface area (Å²) in [4.78, 5) is 18.5. The van der Waals surface area contributed by atoms with Crippen molar-refractivity contribution in [1.29, 1.82) is 0 Å². The third-order valence-electron chi connectivity index (χ3n) is 4.70. The number of imidazole rings is 1. The molecular weight excluding hydrogens is 340 g/mol. The van der Waals surface area contributed by atoms with E-state index >= 15 is 0 Å². The standard InChI is InChI=1S/C21H22N4O2/c1-2-21(26)23-17-4-3-5-18(13-17)25-15-22-19-12-16(6-7-20(19)25)14-24-8-10-27-11-9-24/h2-7,12-13,15H,1,8-11,14H2,(H,23,26). The number of anilines is 1. The molecule has 6 nitrogen and oxygen atoms in total. The Morgan fingerprint density at radius 1 is 1.22 bits per heavy atom. The number of hydrogen-bond donors (Lipinski definition) is 1. The van der Waals surface area contributed by atoms with E-state index in [2.05, 4.69) is 40.0 Å². The Morgan fingerprint density at radius 2 is 2.07 bits per heavy atom. The van der Waals surface area contributed by atoms with Crippen LogP contribution >= 0.6 is 0 Å². The highest BCUT2D eigenvalue weighted by Gasteiger charge is 2.12. The fraction of sp³-hybridized carbons (Fsp3) is 0.238. The lowest BCUT2D eigenvalue weighted by atomic mass is 10.1. The van der Waals surface area contributed by atoms with Crippen molar-refractivity contribution in [2.45, 2.75) is 6.54 Å². The van der Waals surface area contributed by atoms with Gasteiger partial charge in [0.2, 0.25) is 5.91 Å². The second-order valence-electron chi connectivity index (χ2n) is 6.57. The number of amides is 1. The van der Waals surface area contributed by atoms with Crippen molar-refractivity contribution >= 4 is 22.6 Å².